The van der Waals surface area contributed by atoms with Gasteiger partial charge in [0.1, 0.15) is 11.6 Å². The van der Waals surface area contributed by atoms with Crippen molar-refractivity contribution in [1.29, 1.82) is 0 Å². The van der Waals surface area contributed by atoms with Crippen molar-refractivity contribution in [2.75, 3.05) is 29.9 Å². The number of nitrogens with one attached hydrogen (secondary N) is 1. The molecule has 6 nitrogen and oxygen atoms in total. The highest BCUT2D eigenvalue weighted by Gasteiger charge is 2.32. The second-order valence-corrected chi connectivity index (χ2v) is 7.40. The summed E-state index contributed by atoms with van der Waals surface area (Å²) >= 11 is 0. The van der Waals surface area contributed by atoms with Crippen LogP contribution in [-0.2, 0) is 13.0 Å². The van der Waals surface area contributed by atoms with E-state index < -0.39 is 6.36 Å². The van der Waals surface area contributed by atoms with Crippen LogP contribution in [0.1, 0.15) is 42.0 Å². The smallest absolute Gasteiger partial charge is 0.406 e. The van der Waals surface area contributed by atoms with Gasteiger partial charge in [-0.3, -0.25) is 0 Å². The predicted octanol–water partition coefficient (Wildman–Crippen LogP) is 3.61. The summed E-state index contributed by atoms with van der Waals surface area (Å²) in [6.45, 7) is 1.92. The van der Waals surface area contributed by atoms with Crippen LogP contribution in [0.3, 0.4) is 0 Å². The van der Waals surface area contributed by atoms with Crippen LogP contribution in [0.5, 0.6) is 5.75 Å². The number of halogens is 3. The van der Waals surface area contributed by atoms with Crippen molar-refractivity contribution in [3.05, 3.63) is 41.1 Å². The summed E-state index contributed by atoms with van der Waals surface area (Å²) in [7, 11) is 0. The summed E-state index contributed by atoms with van der Waals surface area (Å²) in [4.78, 5) is 11.3. The van der Waals surface area contributed by atoms with E-state index >= 15 is 0 Å². The first-order valence-corrected chi connectivity index (χ1v) is 9.77. The zero-order valence-electron chi connectivity index (χ0n) is 15.9. The van der Waals surface area contributed by atoms with E-state index in [-0.39, 0.29) is 12.4 Å². The minimum absolute atomic E-state index is 0.102. The Morgan fingerprint density at radius 2 is 2.00 bits per heavy atom. The highest BCUT2D eigenvalue weighted by molar-refractivity contribution is 5.50. The monoisotopic (exact) mass is 408 g/mol. The first kappa shape index (κ1) is 19.8. The first-order valence-electron chi connectivity index (χ1n) is 9.77. The van der Waals surface area contributed by atoms with Gasteiger partial charge in [-0.25, -0.2) is 4.98 Å². The molecule has 0 radical (unpaired) electrons. The second-order valence-electron chi connectivity index (χ2n) is 7.40. The Morgan fingerprint density at radius 1 is 1.17 bits per heavy atom. The van der Waals surface area contributed by atoms with Gasteiger partial charge in [-0.1, -0.05) is 6.07 Å². The average Bonchev–Trinajstić information content (AvgIpc) is 3.52. The highest BCUT2D eigenvalue weighted by Crippen LogP contribution is 2.40. The molecule has 29 heavy (non-hydrogen) atoms. The van der Waals surface area contributed by atoms with E-state index in [0.717, 1.165) is 35.5 Å². The molecule has 0 bridgehead atoms. The standard InChI is InChI=1S/C20H23F3N4O2/c21-20(22,23)29-16-5-4-15-12-27(8-6-14(15)10-16)18-11-17(13-2-3-13)25-19(26-18)24-7-1-9-28/h4-5,10-11,13,28H,1-3,6-9,12H2,(H,24,25,26). The van der Waals surface area contributed by atoms with Crippen molar-refractivity contribution >= 4 is 11.8 Å². The molecule has 2 N–H and O–H groups in total. The van der Waals surface area contributed by atoms with Crippen molar-refractivity contribution in [2.45, 2.75) is 44.5 Å². The third kappa shape index (κ3) is 5.09. The number of aliphatic hydroxyl groups excluding tert-OH is 1. The van der Waals surface area contributed by atoms with Gasteiger partial charge in [-0.15, -0.1) is 13.2 Å². The fraction of sp³-hybridized carbons (Fsp3) is 0.500. The fourth-order valence-electron chi connectivity index (χ4n) is 3.48. The molecule has 1 aromatic heterocycles. The van der Waals surface area contributed by atoms with Crippen LogP contribution in [0.25, 0.3) is 0 Å². The van der Waals surface area contributed by atoms with Gasteiger partial charge >= 0.3 is 6.36 Å². The summed E-state index contributed by atoms with van der Waals surface area (Å²) in [5.74, 6) is 1.65. The van der Waals surface area contributed by atoms with Gasteiger partial charge in [0, 0.05) is 38.2 Å². The topological polar surface area (TPSA) is 70.5 Å². The van der Waals surface area contributed by atoms with Crippen LogP contribution >= 0.6 is 0 Å². The normalized spacial score (nSPS) is 16.5. The van der Waals surface area contributed by atoms with Gasteiger partial charge in [0.15, 0.2) is 0 Å². The molecule has 4 rings (SSSR count). The van der Waals surface area contributed by atoms with E-state index in [1.807, 2.05) is 6.07 Å². The molecule has 1 aromatic carbocycles. The van der Waals surface area contributed by atoms with Crippen LogP contribution in [0.4, 0.5) is 24.9 Å². The lowest BCUT2D eigenvalue weighted by Crippen LogP contribution is -2.31. The van der Waals surface area contributed by atoms with Crippen molar-refractivity contribution in [2.24, 2.45) is 0 Å². The quantitative estimate of drug-likeness (QED) is 0.682. The molecule has 2 aliphatic rings. The Balaban J connectivity index is 1.52. The van der Waals surface area contributed by atoms with Gasteiger partial charge in [0.2, 0.25) is 5.95 Å². The summed E-state index contributed by atoms with van der Waals surface area (Å²) in [6.07, 6.45) is -1.21. The molecule has 156 valence electrons. The van der Waals surface area contributed by atoms with Gasteiger partial charge in [-0.05, 0) is 48.9 Å². The summed E-state index contributed by atoms with van der Waals surface area (Å²) in [6, 6.07) is 6.53. The molecule has 1 fully saturated rings. The predicted molar refractivity (Wildman–Crippen MR) is 102 cm³/mol. The first-order chi connectivity index (χ1) is 13.9. The van der Waals surface area contributed by atoms with E-state index in [1.54, 1.807) is 6.07 Å². The molecule has 0 spiro atoms. The number of fused-ring (bicyclic) bond motifs is 1. The second kappa shape index (κ2) is 8.06. The number of hydrogen-bond acceptors (Lipinski definition) is 6. The van der Waals surface area contributed by atoms with E-state index in [9.17, 15) is 13.2 Å². The molecular weight excluding hydrogens is 385 g/mol. The van der Waals surface area contributed by atoms with E-state index in [0.29, 0.717) is 44.3 Å². The number of aromatic nitrogens is 2. The van der Waals surface area contributed by atoms with Crippen molar-refractivity contribution in [1.82, 2.24) is 9.97 Å². The van der Waals surface area contributed by atoms with Crippen molar-refractivity contribution < 1.29 is 23.0 Å². The van der Waals surface area contributed by atoms with Crippen LogP contribution < -0.4 is 15.0 Å². The molecule has 2 heterocycles. The van der Waals surface area contributed by atoms with Gasteiger partial charge in [0.25, 0.3) is 0 Å². The van der Waals surface area contributed by atoms with E-state index in [1.165, 1.54) is 12.1 Å². The maximum atomic E-state index is 12.4. The number of aliphatic hydroxyl groups is 1. The lowest BCUT2D eigenvalue weighted by Gasteiger charge is -2.30. The minimum atomic E-state index is -4.69. The van der Waals surface area contributed by atoms with Crippen molar-refractivity contribution in [3.8, 4) is 5.75 Å². The largest absolute Gasteiger partial charge is 0.573 e. The minimum Gasteiger partial charge on any atom is -0.406 e. The van der Waals surface area contributed by atoms with Crippen molar-refractivity contribution in [3.63, 3.8) is 0 Å². The Hall–Kier alpha value is -2.55. The fourth-order valence-corrected chi connectivity index (χ4v) is 3.48. The molecule has 0 atom stereocenters. The van der Waals surface area contributed by atoms with Crippen LogP contribution in [0.2, 0.25) is 0 Å². The molecular formula is C20H23F3N4O2. The van der Waals surface area contributed by atoms with E-state index in [2.05, 4.69) is 24.9 Å². The Morgan fingerprint density at radius 3 is 2.72 bits per heavy atom. The SMILES string of the molecule is OCCCNc1nc(C2CC2)cc(N2CCc3cc(OC(F)(F)F)ccc3C2)n1. The molecule has 9 heteroatoms. The molecule has 1 aliphatic carbocycles. The average molecular weight is 408 g/mol. The molecule has 1 saturated carbocycles. The summed E-state index contributed by atoms with van der Waals surface area (Å²) in [5.41, 5.74) is 2.84. The van der Waals surface area contributed by atoms with E-state index in [4.69, 9.17) is 5.11 Å². The molecule has 2 aromatic rings. The molecule has 0 unspecified atom stereocenters. The Bertz CT molecular complexity index is 871. The number of alkyl halides is 3. The lowest BCUT2D eigenvalue weighted by atomic mass is 9.99. The lowest BCUT2D eigenvalue weighted by molar-refractivity contribution is -0.274. The molecule has 0 saturated heterocycles. The Kier molecular flexibility index (Phi) is 5.49. The number of nitrogens with zero attached hydrogens (tertiary/aromatic N) is 3. The number of benzene rings is 1. The van der Waals surface area contributed by atoms with Gasteiger partial charge in [0.05, 0.1) is 5.69 Å². The third-order valence-electron chi connectivity index (χ3n) is 5.09. The van der Waals surface area contributed by atoms with Crippen LogP contribution in [0.15, 0.2) is 24.3 Å². The molecule has 1 aliphatic heterocycles. The number of hydrogen-bond donors (Lipinski definition) is 2. The van der Waals surface area contributed by atoms with Gasteiger partial charge < -0.3 is 20.1 Å². The number of rotatable bonds is 7. The summed E-state index contributed by atoms with van der Waals surface area (Å²) < 4.78 is 41.4. The zero-order chi connectivity index (χ0) is 20.4. The highest BCUT2D eigenvalue weighted by atomic mass is 19.4. The van der Waals surface area contributed by atoms with Crippen LogP contribution in [0, 0.1) is 0 Å². The zero-order valence-corrected chi connectivity index (χ0v) is 15.9. The summed E-state index contributed by atoms with van der Waals surface area (Å²) in [5, 5.41) is 12.1. The number of ether oxygens (including phenoxy) is 1. The third-order valence-corrected chi connectivity index (χ3v) is 5.09. The maximum Gasteiger partial charge on any atom is 0.573 e. The number of anilines is 2. The van der Waals surface area contributed by atoms with Gasteiger partial charge in [-0.2, -0.15) is 4.98 Å². The Labute approximate surface area is 166 Å². The maximum absolute atomic E-state index is 12.4. The molecule has 0 amide bonds. The van der Waals surface area contributed by atoms with Crippen LogP contribution in [-0.4, -0.2) is 41.1 Å².